The Balaban J connectivity index is 2.27. The number of unbranched alkanes of at least 4 members (excludes halogenated alkanes) is 1. The fourth-order valence-electron chi connectivity index (χ4n) is 2.81. The highest BCUT2D eigenvalue weighted by Gasteiger charge is 2.20. The van der Waals surface area contributed by atoms with Gasteiger partial charge >= 0.3 is 5.97 Å². The zero-order valence-electron chi connectivity index (χ0n) is 18.1. The number of ether oxygens (including phenoxy) is 3. The maximum Gasteiger partial charge on any atom is 0.344 e. The molecule has 0 saturated carbocycles. The van der Waals surface area contributed by atoms with E-state index >= 15 is 0 Å². The van der Waals surface area contributed by atoms with Crippen molar-refractivity contribution in [2.24, 2.45) is 7.05 Å². The van der Waals surface area contributed by atoms with E-state index in [1.807, 2.05) is 44.5 Å². The molecule has 0 atom stereocenters. The minimum absolute atomic E-state index is 0.215. The number of thiocarbonyl (C=S) groups is 1. The molecule has 0 radical (unpaired) electrons. The largest absolute Gasteiger partial charge is 0.497 e. The SMILES string of the molecule is CCCCc1ncc(C(=S)c2ccc(OC)cc2OCC(=O)OC(C)(C)C)n1C. The standard InChI is InChI=1S/C22H30N2O4S/c1-7-8-9-19-23-13-17(24(19)5)21(29)16-11-10-15(26-6)12-18(16)27-14-20(25)28-22(2,3)4/h10-13H,7-9,14H2,1-6H3. The number of methoxy groups -OCH3 is 1. The number of carbonyl (C=O) groups is 1. The maximum absolute atomic E-state index is 12.1. The first kappa shape index (κ1) is 22.9. The first-order valence-corrected chi connectivity index (χ1v) is 10.1. The van der Waals surface area contributed by atoms with Crippen LogP contribution in [-0.4, -0.2) is 39.7 Å². The molecule has 0 aliphatic heterocycles. The number of nitrogens with zero attached hydrogens (tertiary/aromatic N) is 2. The topological polar surface area (TPSA) is 62.6 Å². The van der Waals surface area contributed by atoms with E-state index in [9.17, 15) is 4.79 Å². The number of carbonyl (C=O) groups excluding carboxylic acids is 1. The zero-order chi connectivity index (χ0) is 21.6. The van der Waals surface area contributed by atoms with Crippen LogP contribution in [0.1, 0.15) is 57.6 Å². The summed E-state index contributed by atoms with van der Waals surface area (Å²) in [5.74, 6) is 1.63. The highest BCUT2D eigenvalue weighted by molar-refractivity contribution is 7.81. The molecule has 1 heterocycles. The molecule has 0 spiro atoms. The van der Waals surface area contributed by atoms with Crippen LogP contribution in [-0.2, 0) is 23.0 Å². The van der Waals surface area contributed by atoms with E-state index in [2.05, 4.69) is 11.9 Å². The molecule has 6 nitrogen and oxygen atoms in total. The summed E-state index contributed by atoms with van der Waals surface area (Å²) in [6.45, 7) is 7.38. The summed E-state index contributed by atoms with van der Waals surface area (Å²) >= 11 is 5.74. The second-order valence-electron chi connectivity index (χ2n) is 7.79. The first-order chi connectivity index (χ1) is 13.7. The molecule has 2 aromatic rings. The quantitative estimate of drug-likeness (QED) is 0.344. The number of benzene rings is 1. The van der Waals surface area contributed by atoms with Crippen LogP contribution in [0.15, 0.2) is 24.4 Å². The van der Waals surface area contributed by atoms with Crippen LogP contribution in [0.25, 0.3) is 0 Å². The van der Waals surface area contributed by atoms with E-state index < -0.39 is 11.6 Å². The third-order valence-corrected chi connectivity index (χ3v) is 4.70. The molecule has 1 aromatic heterocycles. The summed E-state index contributed by atoms with van der Waals surface area (Å²) in [6.07, 6.45) is 4.87. The lowest BCUT2D eigenvalue weighted by molar-refractivity contribution is -0.157. The van der Waals surface area contributed by atoms with Crippen molar-refractivity contribution in [3.63, 3.8) is 0 Å². The van der Waals surface area contributed by atoms with Gasteiger partial charge in [0.05, 0.1) is 23.9 Å². The van der Waals surface area contributed by atoms with E-state index in [1.165, 1.54) is 0 Å². The second kappa shape index (κ2) is 9.87. The molecule has 0 saturated heterocycles. The molecule has 158 valence electrons. The van der Waals surface area contributed by atoms with E-state index in [0.717, 1.165) is 30.8 Å². The molecule has 0 aliphatic carbocycles. The van der Waals surface area contributed by atoms with E-state index in [1.54, 1.807) is 19.4 Å². The molecule has 1 aromatic carbocycles. The highest BCUT2D eigenvalue weighted by Crippen LogP contribution is 2.28. The van der Waals surface area contributed by atoms with Gasteiger partial charge in [0, 0.05) is 25.1 Å². The van der Waals surface area contributed by atoms with E-state index in [4.69, 9.17) is 26.4 Å². The van der Waals surface area contributed by atoms with Gasteiger partial charge in [-0.1, -0.05) is 25.6 Å². The maximum atomic E-state index is 12.1. The van der Waals surface area contributed by atoms with Gasteiger partial charge in [0.2, 0.25) is 0 Å². The smallest absolute Gasteiger partial charge is 0.344 e. The third kappa shape index (κ3) is 6.29. The summed E-state index contributed by atoms with van der Waals surface area (Å²) in [7, 11) is 3.54. The van der Waals surface area contributed by atoms with Crippen molar-refractivity contribution in [3.8, 4) is 11.5 Å². The van der Waals surface area contributed by atoms with Gasteiger partial charge in [0.15, 0.2) is 6.61 Å². The highest BCUT2D eigenvalue weighted by atomic mass is 32.1. The molecule has 0 aliphatic rings. The lowest BCUT2D eigenvalue weighted by atomic mass is 10.1. The molecule has 0 bridgehead atoms. The molecule has 0 N–H and O–H groups in total. The van der Waals surface area contributed by atoms with Crippen molar-refractivity contribution in [3.05, 3.63) is 41.5 Å². The van der Waals surface area contributed by atoms with Gasteiger partial charge in [-0.25, -0.2) is 9.78 Å². The molecule has 29 heavy (non-hydrogen) atoms. The van der Waals surface area contributed by atoms with Gasteiger partial charge in [-0.15, -0.1) is 0 Å². The van der Waals surface area contributed by atoms with E-state index in [0.29, 0.717) is 21.9 Å². The molecule has 0 unspecified atom stereocenters. The number of rotatable bonds is 9. The number of imidazole rings is 1. The molecule has 2 rings (SSSR count). The van der Waals surface area contributed by atoms with Crippen LogP contribution in [0.4, 0.5) is 0 Å². The predicted molar refractivity (Wildman–Crippen MR) is 117 cm³/mol. The Morgan fingerprint density at radius 3 is 2.62 bits per heavy atom. The number of hydrogen-bond acceptors (Lipinski definition) is 6. The Bertz CT molecular complexity index is 868. The van der Waals surface area contributed by atoms with Gasteiger partial charge in [0.1, 0.15) is 22.9 Å². The van der Waals surface area contributed by atoms with Gasteiger partial charge in [-0.05, 0) is 39.3 Å². The van der Waals surface area contributed by atoms with Gasteiger partial charge < -0.3 is 18.8 Å². The van der Waals surface area contributed by atoms with Gasteiger partial charge in [-0.2, -0.15) is 0 Å². The Hall–Kier alpha value is -2.41. The average Bonchev–Trinajstić information content (AvgIpc) is 3.03. The van der Waals surface area contributed by atoms with Crippen LogP contribution >= 0.6 is 12.2 Å². The first-order valence-electron chi connectivity index (χ1n) is 9.74. The molecule has 0 fully saturated rings. The van der Waals surface area contributed by atoms with Crippen molar-refractivity contribution >= 4 is 23.1 Å². The van der Waals surface area contributed by atoms with E-state index in [-0.39, 0.29) is 6.61 Å². The summed E-state index contributed by atoms with van der Waals surface area (Å²) in [6, 6.07) is 5.38. The number of aromatic nitrogens is 2. The summed E-state index contributed by atoms with van der Waals surface area (Å²) < 4.78 is 18.4. The van der Waals surface area contributed by atoms with Crippen LogP contribution in [0.2, 0.25) is 0 Å². The van der Waals surface area contributed by atoms with Crippen molar-refractivity contribution in [1.82, 2.24) is 9.55 Å². The van der Waals surface area contributed by atoms with Crippen LogP contribution in [0.3, 0.4) is 0 Å². The Kier molecular flexibility index (Phi) is 7.79. The Morgan fingerprint density at radius 2 is 2.00 bits per heavy atom. The Morgan fingerprint density at radius 1 is 1.28 bits per heavy atom. The zero-order valence-corrected chi connectivity index (χ0v) is 18.9. The number of hydrogen-bond donors (Lipinski definition) is 0. The van der Waals surface area contributed by atoms with Crippen molar-refractivity contribution in [2.75, 3.05) is 13.7 Å². The summed E-state index contributed by atoms with van der Waals surface area (Å²) in [5, 5.41) is 0. The van der Waals surface area contributed by atoms with Crippen molar-refractivity contribution in [2.45, 2.75) is 52.6 Å². The van der Waals surface area contributed by atoms with Crippen LogP contribution < -0.4 is 9.47 Å². The summed E-state index contributed by atoms with van der Waals surface area (Å²) in [4.78, 5) is 17.2. The second-order valence-corrected chi connectivity index (χ2v) is 8.20. The number of aryl methyl sites for hydroxylation is 1. The normalized spacial score (nSPS) is 11.2. The third-order valence-electron chi connectivity index (χ3n) is 4.27. The fraction of sp³-hybridized carbons (Fsp3) is 0.500. The predicted octanol–water partition coefficient (Wildman–Crippen LogP) is 4.26. The Labute approximate surface area is 178 Å². The monoisotopic (exact) mass is 418 g/mol. The van der Waals surface area contributed by atoms with Gasteiger partial charge in [0.25, 0.3) is 0 Å². The van der Waals surface area contributed by atoms with Gasteiger partial charge in [-0.3, -0.25) is 0 Å². The summed E-state index contributed by atoms with van der Waals surface area (Å²) in [5.41, 5.74) is 0.962. The minimum Gasteiger partial charge on any atom is -0.497 e. The molecule has 0 amide bonds. The van der Waals surface area contributed by atoms with Crippen molar-refractivity contribution < 1.29 is 19.0 Å². The molecular formula is C22H30N2O4S. The lowest BCUT2D eigenvalue weighted by Gasteiger charge is -2.20. The molecule has 7 heteroatoms. The average molecular weight is 419 g/mol. The van der Waals surface area contributed by atoms with Crippen LogP contribution in [0.5, 0.6) is 11.5 Å². The number of esters is 1. The fourth-order valence-corrected chi connectivity index (χ4v) is 3.17. The molecular weight excluding hydrogens is 388 g/mol. The lowest BCUT2D eigenvalue weighted by Crippen LogP contribution is -2.27. The minimum atomic E-state index is -0.573. The van der Waals surface area contributed by atoms with Crippen LogP contribution in [0, 0.1) is 0 Å². The van der Waals surface area contributed by atoms with Crippen molar-refractivity contribution in [1.29, 1.82) is 0 Å².